The monoisotopic (exact) mass is 410 g/mol. The summed E-state index contributed by atoms with van der Waals surface area (Å²) in [5, 5.41) is 21.5. The van der Waals surface area contributed by atoms with Crippen molar-refractivity contribution >= 4 is 75.5 Å². The normalized spacial score (nSPS) is 9.00. The average Bonchev–Trinajstić information content (AvgIpc) is 2.58. The van der Waals surface area contributed by atoms with Gasteiger partial charge in [-0.2, -0.15) is 0 Å². The van der Waals surface area contributed by atoms with Crippen molar-refractivity contribution < 1.29 is 19.7 Å². The van der Waals surface area contributed by atoms with Crippen LogP contribution in [0.15, 0.2) is 48.5 Å². The van der Waals surface area contributed by atoms with Crippen molar-refractivity contribution in [2.24, 2.45) is 0 Å². The summed E-state index contributed by atoms with van der Waals surface area (Å²) in [6.45, 7) is 5.64. The smallest absolute Gasteiger partial charge is 0.872 e. The molecule has 2 aromatic rings. The second-order valence-electron chi connectivity index (χ2n) is 5.35. The van der Waals surface area contributed by atoms with E-state index in [9.17, 15) is 10.2 Å². The van der Waals surface area contributed by atoms with Gasteiger partial charge in [-0.05, 0) is 37.1 Å². The maximum atomic E-state index is 10.8. The minimum absolute atomic E-state index is 0. The van der Waals surface area contributed by atoms with Crippen LogP contribution < -0.4 is 19.7 Å². The number of benzene rings is 2. The molecule has 0 fully saturated rings. The van der Waals surface area contributed by atoms with Crippen LogP contribution >= 0.6 is 0 Å². The zero-order valence-electron chi connectivity index (χ0n) is 15.9. The second kappa shape index (κ2) is 18.5. The van der Waals surface area contributed by atoms with Crippen LogP contribution in [0.4, 0.5) is 0 Å². The quantitative estimate of drug-likeness (QED) is 0.495. The zero-order valence-corrected chi connectivity index (χ0v) is 20.3. The van der Waals surface area contributed by atoms with Crippen LogP contribution in [-0.4, -0.2) is 88.7 Å². The van der Waals surface area contributed by atoms with Crippen LogP contribution in [0, 0.1) is 0 Å². The van der Waals surface area contributed by atoms with Gasteiger partial charge in [0.1, 0.15) is 11.5 Å². The topological polar surface area (TPSA) is 64.6 Å². The fourth-order valence-corrected chi connectivity index (χ4v) is 1.77. The van der Waals surface area contributed by atoms with Crippen molar-refractivity contribution in [2.75, 3.05) is 13.2 Å². The van der Waals surface area contributed by atoms with Crippen molar-refractivity contribution in [1.82, 2.24) is 0 Å². The van der Waals surface area contributed by atoms with E-state index in [-0.39, 0.29) is 87.0 Å². The molecule has 0 radical (unpaired) electrons. The molecule has 2 aromatic carbocycles. The molecule has 0 bridgehead atoms. The van der Waals surface area contributed by atoms with Crippen LogP contribution in [0.2, 0.25) is 0 Å². The summed E-state index contributed by atoms with van der Waals surface area (Å²) < 4.78 is 10.7. The number of unbranched alkanes of at least 4 members (excludes halogenated alkanes) is 2. The first-order valence-corrected chi connectivity index (χ1v) is 8.45. The van der Waals surface area contributed by atoms with Gasteiger partial charge in [-0.15, -0.1) is 11.5 Å². The van der Waals surface area contributed by atoms with Gasteiger partial charge in [-0.1, -0.05) is 51.0 Å². The van der Waals surface area contributed by atoms with Gasteiger partial charge in [-0.25, -0.2) is 0 Å². The largest absolute Gasteiger partial charge is 2.00 e. The molecule has 4 nitrogen and oxygen atoms in total. The molecule has 0 aliphatic carbocycles. The third-order valence-corrected chi connectivity index (χ3v) is 3.16. The molecular weight excluding hydrogens is 384 g/mol. The molecule has 0 aliphatic heterocycles. The minimum atomic E-state index is 0. The summed E-state index contributed by atoms with van der Waals surface area (Å²) in [5.41, 5.74) is 0. The molecular formula is C20H26Ca2O4+2. The van der Waals surface area contributed by atoms with Crippen molar-refractivity contribution in [3.8, 4) is 23.0 Å². The minimum Gasteiger partial charge on any atom is -0.872 e. The first kappa shape index (κ1) is 28.4. The van der Waals surface area contributed by atoms with E-state index in [0.717, 1.165) is 38.0 Å². The molecule has 6 heteroatoms. The van der Waals surface area contributed by atoms with E-state index in [2.05, 4.69) is 13.8 Å². The predicted molar refractivity (Wildman–Crippen MR) is 104 cm³/mol. The summed E-state index contributed by atoms with van der Waals surface area (Å²) >= 11 is 0. The number of rotatable bonds is 8. The molecule has 0 unspecified atom stereocenters. The van der Waals surface area contributed by atoms with E-state index in [1.54, 1.807) is 24.3 Å². The Bertz CT molecular complexity index is 562. The maximum absolute atomic E-state index is 10.8. The van der Waals surface area contributed by atoms with Crippen LogP contribution in [0.3, 0.4) is 0 Å². The average molecular weight is 411 g/mol. The van der Waals surface area contributed by atoms with Crippen molar-refractivity contribution in [3.63, 3.8) is 0 Å². The molecule has 132 valence electrons. The zero-order chi connectivity index (χ0) is 17.6. The molecule has 0 N–H and O–H groups in total. The van der Waals surface area contributed by atoms with Crippen molar-refractivity contribution in [2.45, 2.75) is 39.5 Å². The van der Waals surface area contributed by atoms with E-state index in [0.29, 0.717) is 12.4 Å². The van der Waals surface area contributed by atoms with Gasteiger partial charge in [0.15, 0.2) is 0 Å². The summed E-state index contributed by atoms with van der Waals surface area (Å²) in [7, 11) is 0. The Morgan fingerprint density at radius 3 is 1.73 bits per heavy atom. The fraction of sp³-hybridized carbons (Fsp3) is 0.400. The van der Waals surface area contributed by atoms with Crippen molar-refractivity contribution in [3.05, 3.63) is 48.5 Å². The molecule has 0 aliphatic rings. The Morgan fingerprint density at radius 2 is 1.23 bits per heavy atom. The van der Waals surface area contributed by atoms with E-state index in [1.165, 1.54) is 24.3 Å². The molecule has 0 saturated carbocycles. The van der Waals surface area contributed by atoms with Crippen LogP contribution in [-0.2, 0) is 0 Å². The molecule has 0 saturated heterocycles. The third-order valence-electron chi connectivity index (χ3n) is 3.16. The molecule has 2 rings (SSSR count). The molecule has 26 heavy (non-hydrogen) atoms. The summed E-state index contributed by atoms with van der Waals surface area (Å²) in [6, 6.07) is 13.0. The molecule has 0 atom stereocenters. The summed E-state index contributed by atoms with van der Waals surface area (Å²) in [5.74, 6) is 1.49. The third kappa shape index (κ3) is 14.2. The predicted octanol–water partition coefficient (Wildman–Crippen LogP) is 3.12. The number of hydrogen-bond acceptors (Lipinski definition) is 4. The van der Waals surface area contributed by atoms with E-state index < -0.39 is 0 Å². The summed E-state index contributed by atoms with van der Waals surface area (Å²) in [6.07, 6.45) is 4.32. The fourth-order valence-electron chi connectivity index (χ4n) is 1.77. The Labute approximate surface area is 216 Å². The Kier molecular flexibility index (Phi) is 20.2. The van der Waals surface area contributed by atoms with Gasteiger partial charge < -0.3 is 19.7 Å². The first-order valence-electron chi connectivity index (χ1n) is 8.45. The molecule has 0 amide bonds. The van der Waals surface area contributed by atoms with Gasteiger partial charge in [0.05, 0.1) is 13.2 Å². The SMILES string of the molecule is CCCCOc1ccc([O-])cc1.CCCCOc1cccc([O-])c1.[Ca+2].[Ca+2]. The van der Waals surface area contributed by atoms with Crippen LogP contribution in [0.25, 0.3) is 0 Å². The number of ether oxygens (including phenoxy) is 2. The number of hydrogen-bond donors (Lipinski definition) is 0. The van der Waals surface area contributed by atoms with Gasteiger partial charge in [0, 0.05) is 0 Å². The van der Waals surface area contributed by atoms with E-state index in [4.69, 9.17) is 9.47 Å². The van der Waals surface area contributed by atoms with Gasteiger partial charge in [0.25, 0.3) is 0 Å². The summed E-state index contributed by atoms with van der Waals surface area (Å²) in [4.78, 5) is 0. The molecule has 0 heterocycles. The standard InChI is InChI=1S/2C10H14O2.2Ca/c1-2-3-8-12-10-6-4-9(11)5-7-10;1-2-3-7-12-10-6-4-5-9(11)8-10;;/h4-7,11H,2-3,8H2,1H3;4-6,8,11H,2-3,7H2,1H3;;/q;;2*+2/p-2. The van der Waals surface area contributed by atoms with Gasteiger partial charge in [0.2, 0.25) is 0 Å². The maximum Gasteiger partial charge on any atom is 2.00 e. The van der Waals surface area contributed by atoms with Crippen molar-refractivity contribution in [1.29, 1.82) is 0 Å². The van der Waals surface area contributed by atoms with Gasteiger partial charge >= 0.3 is 75.5 Å². The van der Waals surface area contributed by atoms with Crippen LogP contribution in [0.5, 0.6) is 23.0 Å². The Hall–Kier alpha value is 0.159. The molecule has 0 spiro atoms. The van der Waals surface area contributed by atoms with Gasteiger partial charge in [-0.3, -0.25) is 0 Å². The molecule has 0 aromatic heterocycles. The van der Waals surface area contributed by atoms with E-state index in [1.807, 2.05) is 0 Å². The first-order chi connectivity index (χ1) is 11.7. The van der Waals surface area contributed by atoms with Crippen LogP contribution in [0.1, 0.15) is 39.5 Å². The van der Waals surface area contributed by atoms with E-state index >= 15 is 0 Å². The Morgan fingerprint density at radius 1 is 0.692 bits per heavy atom. The Balaban J connectivity index is 0. The second-order valence-corrected chi connectivity index (χ2v) is 5.35.